The number of hydrogen-bond acceptors (Lipinski definition) is 4. The number of phenols is 1. The SMILES string of the molecule is CCNC(=NCCNC(=O)c1ccccc1O)N(C)CCOCC1CC1. The summed E-state index contributed by atoms with van der Waals surface area (Å²) in [5.74, 6) is 1.24. The summed E-state index contributed by atoms with van der Waals surface area (Å²) in [5, 5.41) is 15.7. The summed E-state index contributed by atoms with van der Waals surface area (Å²) in [4.78, 5) is 18.6. The van der Waals surface area contributed by atoms with Crippen LogP contribution in [0.1, 0.15) is 30.1 Å². The van der Waals surface area contributed by atoms with Gasteiger partial charge in [-0.2, -0.15) is 0 Å². The predicted molar refractivity (Wildman–Crippen MR) is 103 cm³/mol. The lowest BCUT2D eigenvalue weighted by Crippen LogP contribution is -2.41. The summed E-state index contributed by atoms with van der Waals surface area (Å²) < 4.78 is 5.67. The standard InChI is InChI=1S/C19H30N4O3/c1-3-20-19(23(2)12-13-26-14-15-8-9-15)22-11-10-21-18(25)16-6-4-5-7-17(16)24/h4-7,15,24H,3,8-14H2,1-2H3,(H,20,22)(H,21,25). The molecule has 1 amide bonds. The van der Waals surface area contributed by atoms with Gasteiger partial charge < -0.3 is 25.4 Å². The molecular weight excluding hydrogens is 332 g/mol. The maximum absolute atomic E-state index is 12.0. The van der Waals surface area contributed by atoms with Crippen molar-refractivity contribution < 1.29 is 14.6 Å². The molecular formula is C19H30N4O3. The first-order valence-electron chi connectivity index (χ1n) is 9.25. The van der Waals surface area contributed by atoms with Gasteiger partial charge in [0.05, 0.1) is 18.7 Å². The van der Waals surface area contributed by atoms with E-state index in [1.807, 2.05) is 18.9 Å². The molecule has 1 aromatic carbocycles. The van der Waals surface area contributed by atoms with Crippen molar-refractivity contribution in [3.05, 3.63) is 29.8 Å². The van der Waals surface area contributed by atoms with Crippen molar-refractivity contribution in [2.45, 2.75) is 19.8 Å². The van der Waals surface area contributed by atoms with E-state index in [1.165, 1.54) is 18.9 Å². The number of aromatic hydroxyl groups is 1. The molecule has 0 atom stereocenters. The number of hydrogen-bond donors (Lipinski definition) is 3. The summed E-state index contributed by atoms with van der Waals surface area (Å²) in [6.45, 7) is 5.95. The molecule has 0 spiro atoms. The third-order valence-electron chi connectivity index (χ3n) is 4.13. The molecule has 144 valence electrons. The van der Waals surface area contributed by atoms with Crippen molar-refractivity contribution >= 4 is 11.9 Å². The van der Waals surface area contributed by atoms with E-state index >= 15 is 0 Å². The Morgan fingerprint density at radius 2 is 2.12 bits per heavy atom. The fourth-order valence-electron chi connectivity index (χ4n) is 2.40. The van der Waals surface area contributed by atoms with E-state index in [0.717, 1.165) is 31.6 Å². The van der Waals surface area contributed by atoms with Crippen LogP contribution in [0.3, 0.4) is 0 Å². The monoisotopic (exact) mass is 362 g/mol. The normalized spacial score (nSPS) is 14.2. The van der Waals surface area contributed by atoms with E-state index < -0.39 is 0 Å². The lowest BCUT2D eigenvalue weighted by molar-refractivity contribution is 0.0952. The van der Waals surface area contributed by atoms with E-state index in [0.29, 0.717) is 19.7 Å². The Labute approximate surface area is 155 Å². The van der Waals surface area contributed by atoms with Gasteiger partial charge in [0.25, 0.3) is 5.91 Å². The molecule has 0 bridgehead atoms. The minimum absolute atomic E-state index is 0.0206. The Hall–Kier alpha value is -2.28. The van der Waals surface area contributed by atoms with Crippen molar-refractivity contribution in [1.29, 1.82) is 0 Å². The average molecular weight is 362 g/mol. The molecule has 1 aromatic rings. The molecule has 0 saturated heterocycles. The molecule has 0 unspecified atom stereocenters. The van der Waals surface area contributed by atoms with E-state index in [4.69, 9.17) is 4.74 Å². The van der Waals surface area contributed by atoms with Gasteiger partial charge in [0, 0.05) is 33.3 Å². The zero-order chi connectivity index (χ0) is 18.8. The van der Waals surface area contributed by atoms with E-state index in [2.05, 4.69) is 15.6 Å². The van der Waals surface area contributed by atoms with Crippen LogP contribution >= 0.6 is 0 Å². The molecule has 26 heavy (non-hydrogen) atoms. The Kier molecular flexibility index (Phi) is 8.21. The molecule has 0 aliphatic heterocycles. The van der Waals surface area contributed by atoms with Crippen LogP contribution in [0.4, 0.5) is 0 Å². The molecule has 7 heteroatoms. The molecule has 0 aromatic heterocycles. The Morgan fingerprint density at radius 3 is 2.81 bits per heavy atom. The highest BCUT2D eigenvalue weighted by Crippen LogP contribution is 2.28. The summed E-state index contributed by atoms with van der Waals surface area (Å²) >= 11 is 0. The fraction of sp³-hybridized carbons (Fsp3) is 0.579. The van der Waals surface area contributed by atoms with Gasteiger partial charge in [-0.25, -0.2) is 0 Å². The van der Waals surface area contributed by atoms with Gasteiger partial charge in [0.15, 0.2) is 5.96 Å². The van der Waals surface area contributed by atoms with Crippen LogP contribution in [-0.4, -0.2) is 68.3 Å². The van der Waals surface area contributed by atoms with Crippen LogP contribution in [0.15, 0.2) is 29.3 Å². The number of para-hydroxylation sites is 1. The Bertz CT molecular complexity index is 602. The third-order valence-corrected chi connectivity index (χ3v) is 4.13. The van der Waals surface area contributed by atoms with Gasteiger partial charge in [0.2, 0.25) is 0 Å². The van der Waals surface area contributed by atoms with Crippen LogP contribution in [0.5, 0.6) is 5.75 Å². The van der Waals surface area contributed by atoms with Gasteiger partial charge >= 0.3 is 0 Å². The molecule has 7 nitrogen and oxygen atoms in total. The van der Waals surface area contributed by atoms with Crippen LogP contribution < -0.4 is 10.6 Å². The number of phenolic OH excluding ortho intramolecular Hbond substituents is 1. The van der Waals surface area contributed by atoms with Crippen molar-refractivity contribution in [3.63, 3.8) is 0 Å². The number of guanidine groups is 1. The zero-order valence-electron chi connectivity index (χ0n) is 15.7. The maximum atomic E-state index is 12.0. The van der Waals surface area contributed by atoms with Crippen molar-refractivity contribution in [1.82, 2.24) is 15.5 Å². The number of nitrogens with zero attached hydrogens (tertiary/aromatic N) is 2. The number of aliphatic imine (C=N–C) groups is 1. The largest absolute Gasteiger partial charge is 0.507 e. The second kappa shape index (κ2) is 10.7. The van der Waals surface area contributed by atoms with Gasteiger partial charge in [-0.3, -0.25) is 9.79 Å². The topological polar surface area (TPSA) is 86.2 Å². The number of benzene rings is 1. The van der Waals surface area contributed by atoms with Gasteiger partial charge in [-0.05, 0) is 37.8 Å². The quantitative estimate of drug-likeness (QED) is 0.333. The molecule has 1 aliphatic rings. The van der Waals surface area contributed by atoms with E-state index in [9.17, 15) is 9.90 Å². The first kappa shape index (κ1) is 20.0. The third kappa shape index (κ3) is 6.92. The highest BCUT2D eigenvalue weighted by Gasteiger charge is 2.21. The molecule has 2 rings (SSSR count). The fourth-order valence-corrected chi connectivity index (χ4v) is 2.40. The number of amides is 1. The van der Waals surface area contributed by atoms with Crippen molar-refractivity contribution in [2.24, 2.45) is 10.9 Å². The number of ether oxygens (including phenoxy) is 1. The van der Waals surface area contributed by atoms with Crippen molar-refractivity contribution in [2.75, 3.05) is 46.4 Å². The highest BCUT2D eigenvalue weighted by atomic mass is 16.5. The van der Waals surface area contributed by atoms with Crippen molar-refractivity contribution in [3.8, 4) is 5.75 Å². The zero-order valence-corrected chi connectivity index (χ0v) is 15.7. The molecule has 1 aliphatic carbocycles. The molecule has 0 radical (unpaired) electrons. The molecule has 0 heterocycles. The van der Waals surface area contributed by atoms with Crippen LogP contribution in [0.25, 0.3) is 0 Å². The van der Waals surface area contributed by atoms with Crippen LogP contribution in [-0.2, 0) is 4.74 Å². The van der Waals surface area contributed by atoms with Gasteiger partial charge in [-0.1, -0.05) is 12.1 Å². The summed E-state index contributed by atoms with van der Waals surface area (Å²) in [5.41, 5.74) is 0.272. The lowest BCUT2D eigenvalue weighted by Gasteiger charge is -2.22. The predicted octanol–water partition coefficient (Wildman–Crippen LogP) is 1.45. The Morgan fingerprint density at radius 1 is 1.35 bits per heavy atom. The average Bonchev–Trinajstić information content (AvgIpc) is 3.45. The smallest absolute Gasteiger partial charge is 0.255 e. The highest BCUT2D eigenvalue weighted by molar-refractivity contribution is 5.96. The minimum Gasteiger partial charge on any atom is -0.507 e. The second-order valence-corrected chi connectivity index (χ2v) is 6.45. The van der Waals surface area contributed by atoms with E-state index in [-0.39, 0.29) is 17.2 Å². The second-order valence-electron chi connectivity index (χ2n) is 6.45. The molecule has 3 N–H and O–H groups in total. The number of carbonyl (C=O) groups is 1. The summed E-state index contributed by atoms with van der Waals surface area (Å²) in [6.07, 6.45) is 2.60. The number of nitrogens with one attached hydrogen (secondary N) is 2. The van der Waals surface area contributed by atoms with Crippen LogP contribution in [0, 0.1) is 5.92 Å². The summed E-state index contributed by atoms with van der Waals surface area (Å²) in [7, 11) is 1.97. The number of rotatable bonds is 10. The van der Waals surface area contributed by atoms with E-state index in [1.54, 1.807) is 18.2 Å². The van der Waals surface area contributed by atoms with Gasteiger partial charge in [-0.15, -0.1) is 0 Å². The summed E-state index contributed by atoms with van der Waals surface area (Å²) in [6, 6.07) is 6.49. The number of likely N-dealkylation sites (N-methyl/N-ethyl adjacent to an activating group) is 1. The maximum Gasteiger partial charge on any atom is 0.255 e. The lowest BCUT2D eigenvalue weighted by atomic mass is 10.2. The molecule has 1 saturated carbocycles. The number of carbonyl (C=O) groups excluding carboxylic acids is 1. The molecule has 1 fully saturated rings. The van der Waals surface area contributed by atoms with Crippen LogP contribution in [0.2, 0.25) is 0 Å². The minimum atomic E-state index is -0.301. The first-order valence-corrected chi connectivity index (χ1v) is 9.25. The first-order chi connectivity index (χ1) is 12.6. The Balaban J connectivity index is 1.72. The van der Waals surface area contributed by atoms with Gasteiger partial charge in [0.1, 0.15) is 5.75 Å².